The number of anilines is 1. The number of aromatic nitrogens is 1. The van der Waals surface area contributed by atoms with Crippen molar-refractivity contribution in [1.29, 1.82) is 0 Å². The van der Waals surface area contributed by atoms with E-state index in [-0.39, 0.29) is 11.7 Å². The first-order chi connectivity index (χ1) is 10.1. The van der Waals surface area contributed by atoms with Crippen molar-refractivity contribution in [3.63, 3.8) is 0 Å². The van der Waals surface area contributed by atoms with Gasteiger partial charge in [0.2, 0.25) is 5.88 Å². The summed E-state index contributed by atoms with van der Waals surface area (Å²) in [5.74, 6) is -0.146. The molecule has 0 fully saturated rings. The van der Waals surface area contributed by atoms with Gasteiger partial charge in [-0.05, 0) is 17.2 Å². The molecule has 3 rings (SSSR count). The van der Waals surface area contributed by atoms with Crippen molar-refractivity contribution >= 4 is 5.88 Å². The van der Waals surface area contributed by atoms with Crippen molar-refractivity contribution in [3.8, 4) is 11.1 Å². The molecule has 0 saturated carbocycles. The zero-order valence-corrected chi connectivity index (χ0v) is 11.2. The molecular weight excluding hydrogens is 269 g/mol. The molecule has 4 N–H and O–H groups in total. The molecule has 0 bridgehead atoms. The molecule has 1 atom stereocenters. The summed E-state index contributed by atoms with van der Waals surface area (Å²) in [5.41, 5.74) is 13.9. The predicted octanol–water partition coefficient (Wildman–Crippen LogP) is 3.11. The first-order valence-electron chi connectivity index (χ1n) is 6.47. The van der Waals surface area contributed by atoms with E-state index in [1.807, 2.05) is 30.3 Å². The van der Waals surface area contributed by atoms with E-state index in [2.05, 4.69) is 5.16 Å². The molecule has 3 aromatic rings. The monoisotopic (exact) mass is 283 g/mol. The van der Waals surface area contributed by atoms with E-state index < -0.39 is 6.04 Å². The van der Waals surface area contributed by atoms with Crippen LogP contribution >= 0.6 is 0 Å². The molecule has 1 heterocycles. The van der Waals surface area contributed by atoms with E-state index in [4.69, 9.17) is 16.0 Å². The number of nitrogen functional groups attached to an aromatic ring is 1. The van der Waals surface area contributed by atoms with Crippen LogP contribution in [0.3, 0.4) is 0 Å². The number of rotatable bonds is 3. The highest BCUT2D eigenvalue weighted by Gasteiger charge is 2.15. The summed E-state index contributed by atoms with van der Waals surface area (Å²) in [5, 5.41) is 3.75. The van der Waals surface area contributed by atoms with Gasteiger partial charge < -0.3 is 16.0 Å². The lowest BCUT2D eigenvalue weighted by Gasteiger charge is -2.11. The van der Waals surface area contributed by atoms with E-state index >= 15 is 0 Å². The second-order valence-corrected chi connectivity index (χ2v) is 4.74. The Bertz CT molecular complexity index is 755. The van der Waals surface area contributed by atoms with Gasteiger partial charge in [0.05, 0.1) is 6.04 Å². The standard InChI is InChI=1S/C16H14FN3O/c17-13-8-11(16(19)14-9-15(18)21-20-14)6-7-12(13)10-4-2-1-3-5-10/h1-9,16H,18-19H2/t16-/m0/s1. The molecule has 21 heavy (non-hydrogen) atoms. The van der Waals surface area contributed by atoms with Crippen molar-refractivity contribution in [2.24, 2.45) is 5.73 Å². The largest absolute Gasteiger partial charge is 0.368 e. The fourth-order valence-electron chi connectivity index (χ4n) is 2.20. The molecule has 0 amide bonds. The van der Waals surface area contributed by atoms with Gasteiger partial charge in [-0.2, -0.15) is 0 Å². The second-order valence-electron chi connectivity index (χ2n) is 4.74. The molecule has 0 aliphatic heterocycles. The molecule has 5 heteroatoms. The van der Waals surface area contributed by atoms with Crippen LogP contribution in [0.5, 0.6) is 0 Å². The molecule has 0 radical (unpaired) electrons. The van der Waals surface area contributed by atoms with Gasteiger partial charge in [-0.1, -0.05) is 47.6 Å². The maximum Gasteiger partial charge on any atom is 0.222 e. The van der Waals surface area contributed by atoms with Crippen molar-refractivity contribution in [1.82, 2.24) is 5.16 Å². The van der Waals surface area contributed by atoms with Gasteiger partial charge in [-0.3, -0.25) is 0 Å². The van der Waals surface area contributed by atoms with Gasteiger partial charge in [0, 0.05) is 11.6 Å². The fraction of sp³-hybridized carbons (Fsp3) is 0.0625. The third kappa shape index (κ3) is 2.64. The summed E-state index contributed by atoms with van der Waals surface area (Å²) in [4.78, 5) is 0. The van der Waals surface area contributed by atoms with Crippen LogP contribution < -0.4 is 11.5 Å². The second kappa shape index (κ2) is 5.38. The Morgan fingerprint density at radius 3 is 2.43 bits per heavy atom. The van der Waals surface area contributed by atoms with Gasteiger partial charge in [0.15, 0.2) is 0 Å². The van der Waals surface area contributed by atoms with Gasteiger partial charge >= 0.3 is 0 Å². The van der Waals surface area contributed by atoms with Crippen LogP contribution in [-0.2, 0) is 0 Å². The summed E-state index contributed by atoms with van der Waals surface area (Å²) in [7, 11) is 0. The highest BCUT2D eigenvalue weighted by Crippen LogP contribution is 2.27. The highest BCUT2D eigenvalue weighted by atomic mass is 19.1. The number of nitrogens with zero attached hydrogens (tertiary/aromatic N) is 1. The molecule has 106 valence electrons. The normalized spacial score (nSPS) is 12.3. The molecule has 0 unspecified atom stereocenters. The number of halogens is 1. The zero-order valence-electron chi connectivity index (χ0n) is 11.2. The third-order valence-electron chi connectivity index (χ3n) is 3.30. The number of hydrogen-bond acceptors (Lipinski definition) is 4. The van der Waals surface area contributed by atoms with Crippen LogP contribution in [0.15, 0.2) is 59.1 Å². The Morgan fingerprint density at radius 2 is 1.81 bits per heavy atom. The van der Waals surface area contributed by atoms with E-state index in [9.17, 15) is 4.39 Å². The molecular formula is C16H14FN3O. The minimum Gasteiger partial charge on any atom is -0.368 e. The first-order valence-corrected chi connectivity index (χ1v) is 6.47. The smallest absolute Gasteiger partial charge is 0.222 e. The Hall–Kier alpha value is -2.66. The van der Waals surface area contributed by atoms with Crippen molar-refractivity contribution < 1.29 is 8.91 Å². The Kier molecular flexibility index (Phi) is 3.41. The molecule has 2 aromatic carbocycles. The SMILES string of the molecule is Nc1cc([C@@H](N)c2ccc(-c3ccccc3)c(F)c2)no1. The minimum absolute atomic E-state index is 0.182. The lowest BCUT2D eigenvalue weighted by molar-refractivity contribution is 0.424. The van der Waals surface area contributed by atoms with E-state index in [0.717, 1.165) is 5.56 Å². The molecule has 1 aromatic heterocycles. The van der Waals surface area contributed by atoms with Crippen molar-refractivity contribution in [2.75, 3.05) is 5.73 Å². The number of nitrogens with two attached hydrogens (primary N) is 2. The van der Waals surface area contributed by atoms with Crippen LogP contribution in [0, 0.1) is 5.82 Å². The van der Waals surface area contributed by atoms with Gasteiger partial charge in [-0.25, -0.2) is 4.39 Å². The lowest BCUT2D eigenvalue weighted by atomic mass is 9.99. The Balaban J connectivity index is 1.94. The predicted molar refractivity (Wildman–Crippen MR) is 78.8 cm³/mol. The Labute approximate surface area is 121 Å². The number of benzene rings is 2. The summed E-state index contributed by atoms with van der Waals surface area (Å²) in [6.07, 6.45) is 0. The lowest BCUT2D eigenvalue weighted by Crippen LogP contribution is -2.12. The summed E-state index contributed by atoms with van der Waals surface area (Å²) >= 11 is 0. The maximum atomic E-state index is 14.3. The van der Waals surface area contributed by atoms with Gasteiger partial charge in [0.1, 0.15) is 11.5 Å². The number of hydrogen-bond donors (Lipinski definition) is 2. The molecule has 0 aliphatic carbocycles. The average Bonchev–Trinajstić information content (AvgIpc) is 2.94. The van der Waals surface area contributed by atoms with Gasteiger partial charge in [-0.15, -0.1) is 0 Å². The van der Waals surface area contributed by atoms with E-state index in [0.29, 0.717) is 16.8 Å². The van der Waals surface area contributed by atoms with E-state index in [1.54, 1.807) is 12.1 Å². The van der Waals surface area contributed by atoms with Gasteiger partial charge in [0.25, 0.3) is 0 Å². The first kappa shape index (κ1) is 13.3. The van der Waals surface area contributed by atoms with Crippen molar-refractivity contribution in [3.05, 3.63) is 71.7 Å². The quantitative estimate of drug-likeness (QED) is 0.774. The average molecular weight is 283 g/mol. The van der Waals surface area contributed by atoms with Crippen LogP contribution in [0.2, 0.25) is 0 Å². The third-order valence-corrected chi connectivity index (χ3v) is 3.30. The van der Waals surface area contributed by atoms with Crippen LogP contribution in [0.4, 0.5) is 10.3 Å². The van der Waals surface area contributed by atoms with Crippen LogP contribution in [0.25, 0.3) is 11.1 Å². The van der Waals surface area contributed by atoms with Crippen molar-refractivity contribution in [2.45, 2.75) is 6.04 Å². The molecule has 4 nitrogen and oxygen atoms in total. The summed E-state index contributed by atoms with van der Waals surface area (Å²) in [6.45, 7) is 0. The van der Waals surface area contributed by atoms with Crippen LogP contribution in [-0.4, -0.2) is 5.16 Å². The fourth-order valence-corrected chi connectivity index (χ4v) is 2.20. The molecule has 0 aliphatic rings. The molecule has 0 saturated heterocycles. The summed E-state index contributed by atoms with van der Waals surface area (Å²) in [6, 6.07) is 15.2. The minimum atomic E-state index is -0.578. The molecule has 0 spiro atoms. The summed E-state index contributed by atoms with van der Waals surface area (Å²) < 4.78 is 19.1. The van der Waals surface area contributed by atoms with E-state index in [1.165, 1.54) is 12.1 Å². The Morgan fingerprint density at radius 1 is 1.05 bits per heavy atom. The maximum absolute atomic E-state index is 14.3. The highest BCUT2D eigenvalue weighted by molar-refractivity contribution is 5.64. The zero-order chi connectivity index (χ0) is 14.8. The van der Waals surface area contributed by atoms with Crippen LogP contribution in [0.1, 0.15) is 17.3 Å². The topological polar surface area (TPSA) is 78.1 Å².